The van der Waals surface area contributed by atoms with Crippen LogP contribution in [0.5, 0.6) is 0 Å². The number of amides is 1. The summed E-state index contributed by atoms with van der Waals surface area (Å²) in [6, 6.07) is 14.9. The lowest BCUT2D eigenvalue weighted by atomic mass is 9.72. The van der Waals surface area contributed by atoms with Gasteiger partial charge in [0.1, 0.15) is 5.41 Å². The van der Waals surface area contributed by atoms with E-state index in [4.69, 9.17) is 5.73 Å². The summed E-state index contributed by atoms with van der Waals surface area (Å²) in [5, 5.41) is 0.702. The van der Waals surface area contributed by atoms with Crippen LogP contribution in [0.3, 0.4) is 0 Å². The summed E-state index contributed by atoms with van der Waals surface area (Å²) in [5.74, 6) is -0.257. The van der Waals surface area contributed by atoms with Crippen LogP contribution in [-0.2, 0) is 15.5 Å². The topological polar surface area (TPSA) is 46.3 Å². The van der Waals surface area contributed by atoms with E-state index < -0.39 is 5.41 Å². The first kappa shape index (κ1) is 20.8. The Kier molecular flexibility index (Phi) is 6.41. The summed E-state index contributed by atoms with van der Waals surface area (Å²) in [6.45, 7) is 10.0. The highest BCUT2D eigenvalue weighted by Crippen LogP contribution is 2.52. The highest BCUT2D eigenvalue weighted by Gasteiger charge is 2.48. The lowest BCUT2D eigenvalue weighted by Gasteiger charge is -2.32. The highest BCUT2D eigenvalue weighted by molar-refractivity contribution is 9.08. The fourth-order valence-electron chi connectivity index (χ4n) is 4.58. The number of carbonyl (C=O) groups excluding carboxylic acids is 1. The average Bonchev–Trinajstić information content (AvgIpc) is 2.98. The van der Waals surface area contributed by atoms with Crippen molar-refractivity contribution in [2.75, 3.05) is 13.1 Å². The van der Waals surface area contributed by atoms with Crippen molar-refractivity contribution in [1.82, 2.24) is 4.90 Å². The number of primary amides is 1. The SMILES string of the molecule is C=CCN(CCCC1(C(N)=O)c2ccccc2-c2cccc(CBr)c21)C(C)C. The fourth-order valence-corrected chi connectivity index (χ4v) is 5.04. The molecule has 0 heterocycles. The van der Waals surface area contributed by atoms with Crippen molar-refractivity contribution in [2.45, 2.75) is 43.5 Å². The van der Waals surface area contributed by atoms with Crippen molar-refractivity contribution < 1.29 is 4.79 Å². The standard InChI is InChI=1S/C24H29BrN2O/c1-4-14-27(17(2)3)15-8-13-24(23(26)28)21-12-6-5-10-19(21)20-11-7-9-18(16-25)22(20)24/h4-7,9-12,17H,1,8,13-16H2,2-3H3,(H2,26,28). The Morgan fingerprint density at radius 1 is 1.21 bits per heavy atom. The first-order valence-electron chi connectivity index (χ1n) is 9.90. The van der Waals surface area contributed by atoms with Crippen LogP contribution in [0.25, 0.3) is 11.1 Å². The largest absolute Gasteiger partial charge is 0.369 e. The summed E-state index contributed by atoms with van der Waals surface area (Å²) < 4.78 is 0. The molecule has 0 bridgehead atoms. The lowest BCUT2D eigenvalue weighted by Crippen LogP contribution is -2.42. The number of nitrogens with two attached hydrogens (primary N) is 1. The Hall–Kier alpha value is -1.91. The molecule has 0 aromatic heterocycles. The maximum atomic E-state index is 13.0. The zero-order valence-corrected chi connectivity index (χ0v) is 18.3. The summed E-state index contributed by atoms with van der Waals surface area (Å²) in [4.78, 5) is 15.4. The van der Waals surface area contributed by atoms with Crippen LogP contribution in [0.15, 0.2) is 55.1 Å². The Morgan fingerprint density at radius 2 is 1.93 bits per heavy atom. The van der Waals surface area contributed by atoms with E-state index in [1.807, 2.05) is 18.2 Å². The minimum Gasteiger partial charge on any atom is -0.369 e. The van der Waals surface area contributed by atoms with Crippen molar-refractivity contribution in [3.05, 3.63) is 71.8 Å². The normalized spacial score (nSPS) is 17.6. The number of halogens is 1. The van der Waals surface area contributed by atoms with Crippen LogP contribution in [0.1, 0.15) is 43.4 Å². The zero-order chi connectivity index (χ0) is 20.3. The quantitative estimate of drug-likeness (QED) is 0.439. The summed E-state index contributed by atoms with van der Waals surface area (Å²) in [6.07, 6.45) is 3.53. The molecule has 1 unspecified atom stereocenters. The number of alkyl halides is 1. The fraction of sp³-hybridized carbons (Fsp3) is 0.375. The number of benzene rings is 2. The van der Waals surface area contributed by atoms with E-state index in [2.05, 4.69) is 71.6 Å². The van der Waals surface area contributed by atoms with Gasteiger partial charge in [0, 0.05) is 17.9 Å². The van der Waals surface area contributed by atoms with Gasteiger partial charge < -0.3 is 5.73 Å². The molecule has 0 aliphatic heterocycles. The summed E-state index contributed by atoms with van der Waals surface area (Å²) in [5.41, 5.74) is 10.9. The van der Waals surface area contributed by atoms with Gasteiger partial charge in [-0.2, -0.15) is 0 Å². The smallest absolute Gasteiger partial charge is 0.232 e. The Bertz CT molecular complexity index is 877. The predicted octanol–water partition coefficient (Wildman–Crippen LogP) is 5.01. The number of nitrogens with zero attached hydrogens (tertiary/aromatic N) is 1. The van der Waals surface area contributed by atoms with E-state index in [0.29, 0.717) is 17.8 Å². The van der Waals surface area contributed by atoms with Crippen molar-refractivity contribution in [3.63, 3.8) is 0 Å². The van der Waals surface area contributed by atoms with Crippen molar-refractivity contribution in [3.8, 4) is 11.1 Å². The maximum Gasteiger partial charge on any atom is 0.232 e. The van der Waals surface area contributed by atoms with Crippen LogP contribution in [0, 0.1) is 0 Å². The number of hydrogen-bond acceptors (Lipinski definition) is 2. The van der Waals surface area contributed by atoms with Gasteiger partial charge in [0.15, 0.2) is 0 Å². The second kappa shape index (κ2) is 8.62. The molecule has 2 aromatic rings. The third-order valence-corrected chi connectivity index (χ3v) is 6.51. The van der Waals surface area contributed by atoms with Crippen LogP contribution < -0.4 is 5.73 Å². The Labute approximate surface area is 176 Å². The van der Waals surface area contributed by atoms with E-state index in [9.17, 15) is 4.79 Å². The third-order valence-electron chi connectivity index (χ3n) is 5.91. The summed E-state index contributed by atoms with van der Waals surface area (Å²) in [7, 11) is 0. The number of hydrogen-bond donors (Lipinski definition) is 1. The Morgan fingerprint density at radius 3 is 2.57 bits per heavy atom. The van der Waals surface area contributed by atoms with Gasteiger partial charge in [0.2, 0.25) is 5.91 Å². The number of rotatable bonds is 9. The molecule has 2 aromatic carbocycles. The van der Waals surface area contributed by atoms with E-state index in [0.717, 1.165) is 47.3 Å². The monoisotopic (exact) mass is 440 g/mol. The molecule has 28 heavy (non-hydrogen) atoms. The second-order valence-corrected chi connectivity index (χ2v) is 8.33. The minimum atomic E-state index is -0.771. The molecule has 0 radical (unpaired) electrons. The molecule has 1 aliphatic rings. The van der Waals surface area contributed by atoms with Gasteiger partial charge in [-0.1, -0.05) is 64.5 Å². The maximum absolute atomic E-state index is 13.0. The van der Waals surface area contributed by atoms with Gasteiger partial charge in [0.25, 0.3) is 0 Å². The van der Waals surface area contributed by atoms with Crippen LogP contribution in [0.2, 0.25) is 0 Å². The van der Waals surface area contributed by atoms with Gasteiger partial charge in [-0.15, -0.1) is 6.58 Å². The molecule has 4 heteroatoms. The molecular weight excluding hydrogens is 412 g/mol. The highest BCUT2D eigenvalue weighted by atomic mass is 79.9. The molecule has 0 spiro atoms. The van der Waals surface area contributed by atoms with Crippen molar-refractivity contribution >= 4 is 21.8 Å². The van der Waals surface area contributed by atoms with Crippen LogP contribution >= 0.6 is 15.9 Å². The van der Waals surface area contributed by atoms with Gasteiger partial charge in [0.05, 0.1) is 0 Å². The molecule has 148 valence electrons. The van der Waals surface area contributed by atoms with E-state index in [1.54, 1.807) is 0 Å². The average molecular weight is 441 g/mol. The molecule has 1 amide bonds. The first-order valence-corrected chi connectivity index (χ1v) is 11.0. The van der Waals surface area contributed by atoms with Gasteiger partial charge in [-0.25, -0.2) is 0 Å². The molecule has 2 N–H and O–H groups in total. The molecular formula is C24H29BrN2O. The van der Waals surface area contributed by atoms with Gasteiger partial charge >= 0.3 is 0 Å². The third kappa shape index (κ3) is 3.44. The van der Waals surface area contributed by atoms with Crippen molar-refractivity contribution in [2.24, 2.45) is 5.73 Å². The van der Waals surface area contributed by atoms with Crippen LogP contribution in [-0.4, -0.2) is 29.9 Å². The van der Waals surface area contributed by atoms with Gasteiger partial charge in [-0.3, -0.25) is 9.69 Å². The summed E-state index contributed by atoms with van der Waals surface area (Å²) >= 11 is 3.62. The molecule has 0 saturated carbocycles. The predicted molar refractivity (Wildman–Crippen MR) is 121 cm³/mol. The van der Waals surface area contributed by atoms with Crippen molar-refractivity contribution in [1.29, 1.82) is 0 Å². The minimum absolute atomic E-state index is 0.257. The molecule has 0 fully saturated rings. The second-order valence-electron chi connectivity index (χ2n) is 7.77. The molecule has 0 saturated heterocycles. The molecule has 1 atom stereocenters. The van der Waals surface area contributed by atoms with E-state index in [-0.39, 0.29) is 5.91 Å². The molecule has 3 nitrogen and oxygen atoms in total. The van der Waals surface area contributed by atoms with E-state index in [1.165, 1.54) is 0 Å². The zero-order valence-electron chi connectivity index (χ0n) is 16.7. The van der Waals surface area contributed by atoms with Gasteiger partial charge in [-0.05, 0) is 61.1 Å². The molecule has 3 rings (SSSR count). The Balaban J connectivity index is 2.05. The number of carbonyl (C=O) groups is 1. The van der Waals surface area contributed by atoms with Crippen LogP contribution in [0.4, 0.5) is 0 Å². The first-order chi connectivity index (χ1) is 13.5. The number of fused-ring (bicyclic) bond motifs is 3. The molecule has 1 aliphatic carbocycles. The lowest BCUT2D eigenvalue weighted by molar-refractivity contribution is -0.122. The van der Waals surface area contributed by atoms with E-state index >= 15 is 0 Å².